The minimum atomic E-state index is -3.32. The third-order valence-corrected chi connectivity index (χ3v) is 6.30. The van der Waals surface area contributed by atoms with Crippen LogP contribution >= 0.6 is 0 Å². The molecule has 0 radical (unpaired) electrons. The van der Waals surface area contributed by atoms with E-state index in [9.17, 15) is 18.0 Å². The van der Waals surface area contributed by atoms with Crippen LogP contribution in [0.15, 0.2) is 0 Å². The van der Waals surface area contributed by atoms with Gasteiger partial charge in [-0.1, -0.05) is 0 Å². The Morgan fingerprint density at radius 1 is 0.952 bits per heavy atom. The molecule has 21 heavy (non-hydrogen) atoms. The molecule has 1 saturated carbocycles. The summed E-state index contributed by atoms with van der Waals surface area (Å²) in [6.07, 6.45) is -0.227. The van der Waals surface area contributed by atoms with Crippen molar-refractivity contribution in [1.29, 1.82) is 0 Å². The smallest absolute Gasteiger partial charge is 0.311 e. The molecule has 1 aliphatic heterocycles. The van der Waals surface area contributed by atoms with E-state index in [-0.39, 0.29) is 23.9 Å². The standard InChI is InChI=1S/C14H22O6S/c1-7(2)19-13(15)10-9-5-6-21(17,18)12(9)11(10)14(16)20-8(3)4/h7-12H,5-6H2,1-4H3/t9-,10-,11-,12-/m1/s1. The maximum Gasteiger partial charge on any atom is 0.311 e. The molecule has 1 saturated heterocycles. The van der Waals surface area contributed by atoms with Gasteiger partial charge in [-0.2, -0.15) is 0 Å². The lowest BCUT2D eigenvalue weighted by molar-refractivity contribution is -0.176. The molecule has 4 atom stereocenters. The van der Waals surface area contributed by atoms with Crippen LogP contribution in [0.3, 0.4) is 0 Å². The number of fused-ring (bicyclic) bond motifs is 1. The van der Waals surface area contributed by atoms with Crippen molar-refractivity contribution >= 4 is 21.8 Å². The molecule has 6 nitrogen and oxygen atoms in total. The fourth-order valence-electron chi connectivity index (χ4n) is 3.29. The van der Waals surface area contributed by atoms with Gasteiger partial charge in [0.25, 0.3) is 0 Å². The average Bonchev–Trinajstić information content (AvgIpc) is 2.47. The molecule has 0 bridgehead atoms. The van der Waals surface area contributed by atoms with Crippen molar-refractivity contribution in [1.82, 2.24) is 0 Å². The molecule has 0 amide bonds. The van der Waals surface area contributed by atoms with Gasteiger partial charge in [-0.15, -0.1) is 0 Å². The topological polar surface area (TPSA) is 86.7 Å². The van der Waals surface area contributed by atoms with E-state index >= 15 is 0 Å². The van der Waals surface area contributed by atoms with Crippen LogP contribution < -0.4 is 0 Å². The van der Waals surface area contributed by atoms with Crippen molar-refractivity contribution in [2.45, 2.75) is 51.6 Å². The molecular formula is C14H22O6S. The third kappa shape index (κ3) is 2.93. The van der Waals surface area contributed by atoms with Gasteiger partial charge < -0.3 is 9.47 Å². The Morgan fingerprint density at radius 3 is 1.90 bits per heavy atom. The lowest BCUT2D eigenvalue weighted by Crippen LogP contribution is -2.58. The quantitative estimate of drug-likeness (QED) is 0.717. The van der Waals surface area contributed by atoms with Gasteiger partial charge in [0.2, 0.25) is 0 Å². The molecule has 1 aliphatic carbocycles. The highest BCUT2D eigenvalue weighted by molar-refractivity contribution is 7.92. The van der Waals surface area contributed by atoms with E-state index in [0.29, 0.717) is 6.42 Å². The summed E-state index contributed by atoms with van der Waals surface area (Å²) in [7, 11) is -3.32. The van der Waals surface area contributed by atoms with Crippen LogP contribution in [0.1, 0.15) is 34.1 Å². The van der Waals surface area contributed by atoms with Crippen LogP contribution in [0.4, 0.5) is 0 Å². The van der Waals surface area contributed by atoms with Gasteiger partial charge >= 0.3 is 11.9 Å². The fourth-order valence-corrected chi connectivity index (χ4v) is 5.73. The largest absolute Gasteiger partial charge is 0.463 e. The molecular weight excluding hydrogens is 296 g/mol. The third-order valence-electron chi connectivity index (χ3n) is 4.02. The predicted molar refractivity (Wildman–Crippen MR) is 75.1 cm³/mol. The number of carbonyl (C=O) groups is 2. The number of hydrogen-bond donors (Lipinski definition) is 0. The Balaban J connectivity index is 2.23. The second-order valence-electron chi connectivity index (χ2n) is 6.31. The van der Waals surface area contributed by atoms with E-state index in [1.54, 1.807) is 27.7 Å². The first kappa shape index (κ1) is 16.3. The van der Waals surface area contributed by atoms with Crippen molar-refractivity contribution < 1.29 is 27.5 Å². The minimum Gasteiger partial charge on any atom is -0.463 e. The molecule has 0 spiro atoms. The zero-order chi connectivity index (χ0) is 15.9. The molecule has 120 valence electrons. The lowest BCUT2D eigenvalue weighted by atomic mass is 9.63. The molecule has 0 aromatic heterocycles. The molecule has 0 N–H and O–H groups in total. The monoisotopic (exact) mass is 318 g/mol. The Kier molecular flexibility index (Phi) is 4.33. The number of hydrogen-bond acceptors (Lipinski definition) is 6. The van der Waals surface area contributed by atoms with E-state index in [0.717, 1.165) is 0 Å². The number of rotatable bonds is 4. The Bertz CT molecular complexity index is 536. The van der Waals surface area contributed by atoms with Gasteiger partial charge in [0.15, 0.2) is 9.84 Å². The summed E-state index contributed by atoms with van der Waals surface area (Å²) in [4.78, 5) is 24.3. The highest BCUT2D eigenvalue weighted by Gasteiger charge is 2.66. The Labute approximate surface area is 125 Å². The number of sulfone groups is 1. The summed E-state index contributed by atoms with van der Waals surface area (Å²) < 4.78 is 34.4. The van der Waals surface area contributed by atoms with Crippen LogP contribution in [-0.4, -0.2) is 43.6 Å². The predicted octanol–water partition coefficient (Wildman–Crippen LogP) is 0.939. The first-order valence-electron chi connectivity index (χ1n) is 7.27. The Hall–Kier alpha value is -1.11. The summed E-state index contributed by atoms with van der Waals surface area (Å²) >= 11 is 0. The van der Waals surface area contributed by atoms with Crippen molar-refractivity contribution in [3.63, 3.8) is 0 Å². The van der Waals surface area contributed by atoms with Gasteiger partial charge in [-0.3, -0.25) is 9.59 Å². The zero-order valence-corrected chi connectivity index (χ0v) is 13.6. The summed E-state index contributed by atoms with van der Waals surface area (Å²) in [6, 6.07) is 0. The minimum absolute atomic E-state index is 0.0270. The van der Waals surface area contributed by atoms with E-state index < -0.39 is 38.9 Å². The zero-order valence-electron chi connectivity index (χ0n) is 12.7. The molecule has 7 heteroatoms. The first-order chi connectivity index (χ1) is 9.65. The second kappa shape index (κ2) is 5.59. The van der Waals surface area contributed by atoms with E-state index in [4.69, 9.17) is 9.47 Å². The Morgan fingerprint density at radius 2 is 1.43 bits per heavy atom. The van der Waals surface area contributed by atoms with Crippen molar-refractivity contribution in [2.75, 3.05) is 5.75 Å². The van der Waals surface area contributed by atoms with Crippen LogP contribution in [0.2, 0.25) is 0 Å². The van der Waals surface area contributed by atoms with Crippen molar-refractivity contribution in [3.05, 3.63) is 0 Å². The van der Waals surface area contributed by atoms with Gasteiger partial charge in [0.1, 0.15) is 0 Å². The van der Waals surface area contributed by atoms with Gasteiger partial charge in [0, 0.05) is 0 Å². The van der Waals surface area contributed by atoms with Crippen LogP contribution in [0.25, 0.3) is 0 Å². The van der Waals surface area contributed by atoms with E-state index in [1.807, 2.05) is 0 Å². The molecule has 1 heterocycles. The summed E-state index contributed by atoms with van der Waals surface area (Å²) in [5, 5.41) is -0.784. The number of ether oxygens (including phenoxy) is 2. The molecule has 0 aromatic carbocycles. The first-order valence-corrected chi connectivity index (χ1v) is 8.99. The maximum atomic E-state index is 12.2. The number of esters is 2. The van der Waals surface area contributed by atoms with Crippen LogP contribution in [0, 0.1) is 17.8 Å². The van der Waals surface area contributed by atoms with Crippen molar-refractivity contribution in [3.8, 4) is 0 Å². The highest BCUT2D eigenvalue weighted by atomic mass is 32.2. The molecule has 2 aliphatic rings. The normalized spacial score (nSPS) is 33.4. The number of carbonyl (C=O) groups excluding carboxylic acids is 2. The SMILES string of the molecule is CC(C)OC(=O)[C@@H]1[C@H]2CCS(=O)(=O)[C@H]2[C@@H]1C(=O)OC(C)C. The lowest BCUT2D eigenvalue weighted by Gasteiger charge is -2.44. The summed E-state index contributed by atoms with van der Waals surface area (Å²) in [5.41, 5.74) is 0. The molecule has 0 unspecified atom stereocenters. The molecule has 2 rings (SSSR count). The van der Waals surface area contributed by atoms with Gasteiger partial charge in [0.05, 0.1) is 35.0 Å². The average molecular weight is 318 g/mol. The van der Waals surface area contributed by atoms with E-state index in [2.05, 4.69) is 0 Å². The van der Waals surface area contributed by atoms with Crippen molar-refractivity contribution in [2.24, 2.45) is 17.8 Å². The van der Waals surface area contributed by atoms with Gasteiger partial charge in [-0.25, -0.2) is 8.42 Å². The molecule has 0 aromatic rings. The maximum absolute atomic E-state index is 12.2. The van der Waals surface area contributed by atoms with Gasteiger partial charge in [-0.05, 0) is 40.0 Å². The fraction of sp³-hybridized carbons (Fsp3) is 0.857. The molecule has 2 fully saturated rings. The van der Waals surface area contributed by atoms with Crippen LogP contribution in [0.5, 0.6) is 0 Å². The van der Waals surface area contributed by atoms with Crippen LogP contribution in [-0.2, 0) is 28.9 Å². The second-order valence-corrected chi connectivity index (χ2v) is 8.59. The highest BCUT2D eigenvalue weighted by Crippen LogP contribution is 2.52. The summed E-state index contributed by atoms with van der Waals surface area (Å²) in [5.74, 6) is -3.00. The van der Waals surface area contributed by atoms with E-state index in [1.165, 1.54) is 0 Å². The summed E-state index contributed by atoms with van der Waals surface area (Å²) in [6.45, 7) is 6.83.